The average Bonchev–Trinajstić information content (AvgIpc) is 3.34. The first-order valence-electron chi connectivity index (χ1n) is 22.6. The molecule has 0 saturated carbocycles. The molecule has 0 aliphatic carbocycles. The van der Waals surface area contributed by atoms with Gasteiger partial charge in [-0.05, 0) is 6.92 Å². The molecule has 408 valence electrons. The SMILES string of the molecule is CC(O)CO[C@@H]1[C@@H](O)[C@H]2O[C@H]3[C@H](O)[C@@H](O)[C@@H](O[C@H]4[C@H](O)[C@@H](O)[C@@H](O[C@H]5[C@H](O)[C@@H](O)[C@@H](O[C@H]6[C@H](O)[C@@H](O)[C@@H](O[C@H]7[C@H](O)[C@@H](O)[C@@H](O[C@H]1[C@@H](CO)O2)O[C@@H]7CO)O[C@@H]6CO)O[C@@H]5CO)O[C@@H]4CO)O[C@@H]3CO. The molecule has 22 heterocycles. The van der Waals surface area contributed by atoms with Crippen LogP contribution in [-0.2, 0) is 61.6 Å². The van der Waals surface area contributed by atoms with E-state index in [0.29, 0.717) is 0 Å². The summed E-state index contributed by atoms with van der Waals surface area (Å²) < 4.78 is 74.7. The molecule has 22 aliphatic rings. The van der Waals surface area contributed by atoms with Crippen molar-refractivity contribution in [1.82, 2.24) is 0 Å². The molecule has 0 aromatic carbocycles. The minimum atomic E-state index is -2.16. The molecule has 0 spiro atoms. The highest BCUT2D eigenvalue weighted by Gasteiger charge is 2.59. The molecule has 22 fully saturated rings. The molecule has 22 rings (SSSR count). The molecule has 31 nitrogen and oxygen atoms in total. The molecular weight excluding hydrogens is 964 g/mol. The van der Waals surface area contributed by atoms with Crippen LogP contribution in [0.2, 0.25) is 0 Å². The second kappa shape index (κ2) is 24.2. The van der Waals surface area contributed by atoms with E-state index < -0.39 is 237 Å². The summed E-state index contributed by atoms with van der Waals surface area (Å²) in [5, 5.41) is 197. The third-order valence-corrected chi connectivity index (χ3v) is 13.2. The van der Waals surface area contributed by atoms with Gasteiger partial charge in [0.25, 0.3) is 0 Å². The Labute approximate surface area is 396 Å². The topological polar surface area (TPSA) is 484 Å². The molecule has 0 aromatic rings. The van der Waals surface area contributed by atoms with Gasteiger partial charge in [-0.2, -0.15) is 0 Å². The van der Waals surface area contributed by atoms with E-state index in [2.05, 4.69) is 0 Å². The second-order valence-corrected chi connectivity index (χ2v) is 18.0. The van der Waals surface area contributed by atoms with Crippen LogP contribution in [0.3, 0.4) is 0 Å². The Morgan fingerprint density at radius 2 is 0.500 bits per heavy atom. The van der Waals surface area contributed by atoms with Gasteiger partial charge < -0.3 is 153 Å². The Balaban J connectivity index is 1.22. The van der Waals surface area contributed by atoms with Crippen molar-refractivity contribution in [2.75, 3.05) is 46.2 Å². The van der Waals surface area contributed by atoms with E-state index in [4.69, 9.17) is 61.6 Å². The lowest BCUT2D eigenvalue weighted by molar-refractivity contribution is -0.405. The van der Waals surface area contributed by atoms with Gasteiger partial charge in [-0.15, -0.1) is 0 Å². The van der Waals surface area contributed by atoms with E-state index in [1.54, 1.807) is 0 Å². The smallest absolute Gasteiger partial charge is 0.187 e. The molecule has 22 aliphatic heterocycles. The fourth-order valence-corrected chi connectivity index (χ4v) is 9.35. The Hall–Kier alpha value is -1.24. The number of hydrogen-bond donors (Lipinski definition) is 18. The summed E-state index contributed by atoms with van der Waals surface area (Å²) in [7, 11) is 0. The third kappa shape index (κ3) is 11.3. The molecule has 0 amide bonds. The molecular formula is C39H66O31. The van der Waals surface area contributed by atoms with Crippen LogP contribution in [0.1, 0.15) is 6.92 Å². The van der Waals surface area contributed by atoms with E-state index in [1.165, 1.54) is 6.92 Å². The minimum Gasteiger partial charge on any atom is -0.394 e. The second-order valence-electron chi connectivity index (χ2n) is 18.0. The number of ether oxygens (including phenoxy) is 13. The third-order valence-electron chi connectivity index (χ3n) is 13.2. The first kappa shape index (κ1) is 56.5. The van der Waals surface area contributed by atoms with Gasteiger partial charge in [0, 0.05) is 0 Å². The molecule has 0 radical (unpaired) electrons. The summed E-state index contributed by atoms with van der Waals surface area (Å²) in [6.45, 7) is -5.19. The number of rotatable bonds is 9. The Bertz CT molecular complexity index is 1590. The Morgan fingerprint density at radius 1 is 0.300 bits per heavy atom. The van der Waals surface area contributed by atoms with E-state index in [-0.39, 0.29) is 0 Å². The maximum absolute atomic E-state index is 11.7. The number of hydrogen-bond acceptors (Lipinski definition) is 31. The summed E-state index contributed by atoms with van der Waals surface area (Å²) in [5.41, 5.74) is 0. The molecule has 22 saturated heterocycles. The zero-order valence-electron chi connectivity index (χ0n) is 37.2. The first-order valence-corrected chi connectivity index (χ1v) is 22.6. The highest BCUT2D eigenvalue weighted by molar-refractivity contribution is 5.01. The van der Waals surface area contributed by atoms with Gasteiger partial charge in [0.1, 0.15) is 146 Å². The fraction of sp³-hybridized carbons (Fsp3) is 1.00. The summed E-state index contributed by atoms with van der Waals surface area (Å²) in [5.74, 6) is 0. The van der Waals surface area contributed by atoms with Crippen LogP contribution in [-0.4, -0.2) is 329 Å². The molecule has 31 atom stereocenters. The molecule has 12 bridgehead atoms. The van der Waals surface area contributed by atoms with Crippen molar-refractivity contribution in [2.24, 2.45) is 0 Å². The lowest BCUT2D eigenvalue weighted by atomic mass is 9.94. The van der Waals surface area contributed by atoms with Crippen LogP contribution >= 0.6 is 0 Å². The van der Waals surface area contributed by atoms with Crippen molar-refractivity contribution >= 4 is 0 Å². The van der Waals surface area contributed by atoms with Crippen LogP contribution in [0.5, 0.6) is 0 Å². The lowest BCUT2D eigenvalue weighted by Crippen LogP contribution is -2.69. The lowest BCUT2D eigenvalue weighted by Gasteiger charge is -2.51. The first-order chi connectivity index (χ1) is 33.3. The van der Waals surface area contributed by atoms with Crippen molar-refractivity contribution in [1.29, 1.82) is 0 Å². The molecule has 18 N–H and O–H groups in total. The Kier molecular flexibility index (Phi) is 19.5. The van der Waals surface area contributed by atoms with Gasteiger partial charge in [-0.1, -0.05) is 0 Å². The van der Waals surface area contributed by atoms with E-state index in [0.717, 1.165) is 0 Å². The van der Waals surface area contributed by atoms with Crippen LogP contribution in [0.25, 0.3) is 0 Å². The largest absolute Gasteiger partial charge is 0.394 e. The van der Waals surface area contributed by atoms with Gasteiger partial charge >= 0.3 is 0 Å². The molecule has 31 heteroatoms. The van der Waals surface area contributed by atoms with Gasteiger partial charge in [0.2, 0.25) is 0 Å². The van der Waals surface area contributed by atoms with E-state index in [9.17, 15) is 91.9 Å². The highest BCUT2D eigenvalue weighted by atomic mass is 16.8. The normalized spacial score (nSPS) is 53.4. The van der Waals surface area contributed by atoms with Crippen molar-refractivity contribution in [2.45, 2.75) is 197 Å². The number of aliphatic hydroxyl groups is 18. The quantitative estimate of drug-likeness (QED) is 0.102. The average molecular weight is 1030 g/mol. The van der Waals surface area contributed by atoms with Crippen LogP contribution in [0.4, 0.5) is 0 Å². The maximum atomic E-state index is 11.7. The van der Waals surface area contributed by atoms with Crippen LogP contribution in [0, 0.1) is 0 Å². The summed E-state index contributed by atoms with van der Waals surface area (Å²) in [6, 6.07) is 0. The monoisotopic (exact) mass is 1030 g/mol. The summed E-state index contributed by atoms with van der Waals surface area (Å²) in [4.78, 5) is 0. The van der Waals surface area contributed by atoms with Crippen molar-refractivity contribution in [3.05, 3.63) is 0 Å². The molecule has 70 heavy (non-hydrogen) atoms. The van der Waals surface area contributed by atoms with E-state index in [1.807, 2.05) is 0 Å². The fourth-order valence-electron chi connectivity index (χ4n) is 9.35. The van der Waals surface area contributed by atoms with Gasteiger partial charge in [0.05, 0.1) is 52.4 Å². The van der Waals surface area contributed by atoms with E-state index >= 15 is 0 Å². The van der Waals surface area contributed by atoms with Gasteiger partial charge in [-0.25, -0.2) is 0 Å². The zero-order chi connectivity index (χ0) is 51.0. The van der Waals surface area contributed by atoms with Gasteiger partial charge in [0.15, 0.2) is 37.7 Å². The highest BCUT2D eigenvalue weighted by Crippen LogP contribution is 2.38. The van der Waals surface area contributed by atoms with Gasteiger partial charge in [-0.3, -0.25) is 0 Å². The maximum Gasteiger partial charge on any atom is 0.187 e. The van der Waals surface area contributed by atoms with Crippen LogP contribution < -0.4 is 0 Å². The van der Waals surface area contributed by atoms with Crippen molar-refractivity contribution < 1.29 is 153 Å². The summed E-state index contributed by atoms with van der Waals surface area (Å²) >= 11 is 0. The standard InChI is InChI=1S/C39H66O31/c1-9(46)8-58-33-26(57)39-64-15(7-45)32(33)70-38-25(56)20(51)30(13(5-43)63-38)68-36-23(54)18(49)28(11(3-41)61-36)66-34-21(52)16(47)27(10(2-40)59-34)65-35-22(53)17(48)29(12(4-42)60-35)67-37-24(55)19(50)31(69-39)14(6-44)62-37/h9-57H,2-8H2,1H3/t9?,10-,11-,12-,13-,14-,15-,16-,17-,18-,19-,20-,21-,22-,23-,24-,25-,26-,27-,28-,29-,30-,31-,32+,33-,34-,35-,36-,37-,38-,39-/m1/s1. The number of aliphatic hydroxyl groups excluding tert-OH is 18. The zero-order valence-corrected chi connectivity index (χ0v) is 37.2. The minimum absolute atomic E-state index is 0.520. The Morgan fingerprint density at radius 3 is 0.714 bits per heavy atom. The molecule has 0 aromatic heterocycles. The predicted molar refractivity (Wildman–Crippen MR) is 211 cm³/mol. The molecule has 1 unspecified atom stereocenters. The summed E-state index contributed by atoms with van der Waals surface area (Å²) in [6.07, 6.45) is -59.1. The predicted octanol–water partition coefficient (Wildman–Crippen LogP) is -12.6. The van der Waals surface area contributed by atoms with Crippen molar-refractivity contribution in [3.63, 3.8) is 0 Å². The van der Waals surface area contributed by atoms with Crippen LogP contribution in [0.15, 0.2) is 0 Å². The van der Waals surface area contributed by atoms with Crippen molar-refractivity contribution in [3.8, 4) is 0 Å².